The second kappa shape index (κ2) is 15.6. The van der Waals surface area contributed by atoms with Gasteiger partial charge in [0.15, 0.2) is 0 Å². The van der Waals surface area contributed by atoms with Gasteiger partial charge in [0.25, 0.3) is 0 Å². The Kier molecular flexibility index (Phi) is 13.3. The fourth-order valence-electron chi connectivity index (χ4n) is 3.57. The molecule has 4 amide bonds. The highest BCUT2D eigenvalue weighted by molar-refractivity contribution is 5.94. The molecule has 4 unspecified atom stereocenters. The third kappa shape index (κ3) is 11.6. The van der Waals surface area contributed by atoms with Gasteiger partial charge in [0.05, 0.1) is 6.04 Å². The summed E-state index contributed by atoms with van der Waals surface area (Å²) >= 11 is 0. The van der Waals surface area contributed by atoms with Crippen molar-refractivity contribution < 1.29 is 39.0 Å². The molecule has 4 atom stereocenters. The Hall–Kier alpha value is -3.26. The summed E-state index contributed by atoms with van der Waals surface area (Å²) in [6.07, 6.45) is 1.47. The summed E-state index contributed by atoms with van der Waals surface area (Å²) in [6, 6.07) is -4.26. The van der Waals surface area contributed by atoms with E-state index in [1.165, 1.54) is 0 Å². The molecule has 0 spiro atoms. The van der Waals surface area contributed by atoms with E-state index >= 15 is 0 Å². The van der Waals surface area contributed by atoms with Crippen molar-refractivity contribution >= 4 is 35.6 Å². The van der Waals surface area contributed by atoms with Gasteiger partial charge in [-0.25, -0.2) is 4.79 Å². The van der Waals surface area contributed by atoms with E-state index in [0.717, 1.165) is 6.42 Å². The SMILES string of the molecule is NCCCCC(NC(=O)C1CCCN1)C(=O)NC(CCC(N)=O)C(=O)NC(CCC(=O)O)C(=O)O. The highest BCUT2D eigenvalue weighted by Gasteiger charge is 2.31. The normalized spacial score (nSPS) is 17.6. The molecule has 0 aromatic rings. The maximum absolute atomic E-state index is 13.0. The Labute approximate surface area is 202 Å². The number of hydrogen-bond donors (Lipinski definition) is 8. The Balaban J connectivity index is 2.94. The van der Waals surface area contributed by atoms with E-state index in [4.69, 9.17) is 16.6 Å². The number of carboxylic acid groups (broad SMARTS) is 2. The van der Waals surface area contributed by atoms with Crippen molar-refractivity contribution in [1.29, 1.82) is 0 Å². The first-order valence-corrected chi connectivity index (χ1v) is 11.6. The topological polar surface area (TPSA) is 243 Å². The first-order valence-electron chi connectivity index (χ1n) is 11.6. The number of unbranched alkanes of at least 4 members (excludes halogenated alkanes) is 1. The van der Waals surface area contributed by atoms with Gasteiger partial charge in [0.2, 0.25) is 23.6 Å². The quantitative estimate of drug-likeness (QED) is 0.0978. The molecule has 14 nitrogen and oxygen atoms in total. The lowest BCUT2D eigenvalue weighted by Crippen LogP contribution is -2.57. The Bertz CT molecular complexity index is 771. The van der Waals surface area contributed by atoms with Gasteiger partial charge in [0, 0.05) is 12.8 Å². The first kappa shape index (κ1) is 29.8. The summed E-state index contributed by atoms with van der Waals surface area (Å²) in [6.45, 7) is 1.08. The summed E-state index contributed by atoms with van der Waals surface area (Å²) < 4.78 is 0. The number of carbonyl (C=O) groups is 6. The molecule has 35 heavy (non-hydrogen) atoms. The molecule has 10 N–H and O–H groups in total. The van der Waals surface area contributed by atoms with Gasteiger partial charge >= 0.3 is 11.9 Å². The van der Waals surface area contributed by atoms with Crippen molar-refractivity contribution in [2.24, 2.45) is 11.5 Å². The van der Waals surface area contributed by atoms with Crippen LogP contribution in [0.5, 0.6) is 0 Å². The largest absolute Gasteiger partial charge is 0.481 e. The maximum Gasteiger partial charge on any atom is 0.326 e. The van der Waals surface area contributed by atoms with E-state index in [9.17, 15) is 33.9 Å². The van der Waals surface area contributed by atoms with Crippen molar-refractivity contribution in [2.75, 3.05) is 13.1 Å². The van der Waals surface area contributed by atoms with Crippen molar-refractivity contribution in [2.45, 2.75) is 82.0 Å². The lowest BCUT2D eigenvalue weighted by molar-refractivity contribution is -0.143. The smallest absolute Gasteiger partial charge is 0.326 e. The minimum absolute atomic E-state index is 0.216. The number of nitrogens with one attached hydrogen (secondary N) is 4. The first-order chi connectivity index (χ1) is 16.5. The van der Waals surface area contributed by atoms with E-state index in [2.05, 4.69) is 21.3 Å². The van der Waals surface area contributed by atoms with Gasteiger partial charge in [-0.15, -0.1) is 0 Å². The minimum atomic E-state index is -1.51. The number of nitrogens with two attached hydrogens (primary N) is 2. The number of rotatable bonds is 17. The molecule has 0 bridgehead atoms. The van der Waals surface area contributed by atoms with E-state index in [1.54, 1.807) is 0 Å². The molecular formula is C21H36N6O8. The number of hydrogen-bond acceptors (Lipinski definition) is 8. The van der Waals surface area contributed by atoms with Crippen LogP contribution in [0.4, 0.5) is 0 Å². The zero-order valence-electron chi connectivity index (χ0n) is 19.6. The standard InChI is InChI=1S/C21H36N6O8/c22-10-2-1-4-13(25-18(31)12-5-3-11-24-12)19(32)26-14(6-8-16(23)28)20(33)27-15(21(34)35)7-9-17(29)30/h12-15,24H,1-11,22H2,(H2,23,28)(H,25,31)(H,26,32)(H,27,33)(H,29,30)(H,34,35). The molecular weight excluding hydrogens is 464 g/mol. The van der Waals surface area contributed by atoms with Crippen molar-refractivity contribution in [3.05, 3.63) is 0 Å². The van der Waals surface area contributed by atoms with Crippen LogP contribution in [-0.2, 0) is 28.8 Å². The van der Waals surface area contributed by atoms with Crippen LogP contribution in [0.3, 0.4) is 0 Å². The van der Waals surface area contributed by atoms with Crippen molar-refractivity contribution in [3.8, 4) is 0 Å². The number of carboxylic acids is 2. The van der Waals surface area contributed by atoms with Crippen LogP contribution in [0, 0.1) is 0 Å². The van der Waals surface area contributed by atoms with E-state index in [-0.39, 0.29) is 31.6 Å². The molecule has 1 saturated heterocycles. The number of amides is 4. The lowest BCUT2D eigenvalue weighted by Gasteiger charge is -2.25. The fourth-order valence-corrected chi connectivity index (χ4v) is 3.57. The molecule has 0 aliphatic carbocycles. The molecule has 1 aliphatic rings. The van der Waals surface area contributed by atoms with Crippen LogP contribution in [0.2, 0.25) is 0 Å². The molecule has 1 fully saturated rings. The highest BCUT2D eigenvalue weighted by Crippen LogP contribution is 2.09. The molecule has 0 aromatic carbocycles. The van der Waals surface area contributed by atoms with Crippen LogP contribution in [0.15, 0.2) is 0 Å². The third-order valence-corrected chi connectivity index (χ3v) is 5.53. The average Bonchev–Trinajstić information content (AvgIpc) is 3.33. The number of aliphatic carboxylic acids is 2. The number of carbonyl (C=O) groups excluding carboxylic acids is 4. The zero-order valence-corrected chi connectivity index (χ0v) is 19.6. The molecule has 1 rings (SSSR count). The molecule has 1 aliphatic heterocycles. The van der Waals surface area contributed by atoms with Gasteiger partial charge in [-0.3, -0.25) is 24.0 Å². The summed E-state index contributed by atoms with van der Waals surface area (Å²) in [5, 5.41) is 28.5. The predicted molar refractivity (Wildman–Crippen MR) is 123 cm³/mol. The van der Waals surface area contributed by atoms with Crippen molar-refractivity contribution in [1.82, 2.24) is 21.3 Å². The fraction of sp³-hybridized carbons (Fsp3) is 0.714. The van der Waals surface area contributed by atoms with Crippen LogP contribution in [-0.4, -0.2) is 83.0 Å². The average molecular weight is 501 g/mol. The Morgan fingerprint density at radius 3 is 1.97 bits per heavy atom. The van der Waals surface area contributed by atoms with E-state index < -0.39 is 60.2 Å². The van der Waals surface area contributed by atoms with Gasteiger partial charge in [-0.1, -0.05) is 0 Å². The Morgan fingerprint density at radius 1 is 0.857 bits per heavy atom. The lowest BCUT2D eigenvalue weighted by atomic mass is 10.0. The number of primary amides is 1. The molecule has 0 aromatic heterocycles. The van der Waals surface area contributed by atoms with Gasteiger partial charge in [-0.2, -0.15) is 0 Å². The van der Waals surface area contributed by atoms with Crippen LogP contribution < -0.4 is 32.7 Å². The van der Waals surface area contributed by atoms with Gasteiger partial charge < -0.3 is 42.9 Å². The third-order valence-electron chi connectivity index (χ3n) is 5.53. The summed E-state index contributed by atoms with van der Waals surface area (Å²) in [7, 11) is 0. The van der Waals surface area contributed by atoms with Crippen LogP contribution >= 0.6 is 0 Å². The highest BCUT2D eigenvalue weighted by atomic mass is 16.4. The molecule has 0 radical (unpaired) electrons. The van der Waals surface area contributed by atoms with E-state index in [0.29, 0.717) is 32.4 Å². The molecule has 0 saturated carbocycles. The van der Waals surface area contributed by atoms with Gasteiger partial charge in [0.1, 0.15) is 18.1 Å². The molecule has 14 heteroatoms. The summed E-state index contributed by atoms with van der Waals surface area (Å²) in [5.74, 6) is -5.38. The summed E-state index contributed by atoms with van der Waals surface area (Å²) in [5.41, 5.74) is 10.7. The predicted octanol–water partition coefficient (Wildman–Crippen LogP) is -2.46. The maximum atomic E-state index is 13.0. The van der Waals surface area contributed by atoms with E-state index in [1.807, 2.05) is 0 Å². The molecule has 198 valence electrons. The van der Waals surface area contributed by atoms with Crippen LogP contribution in [0.1, 0.15) is 57.8 Å². The summed E-state index contributed by atoms with van der Waals surface area (Å²) in [4.78, 5) is 71.8. The molecule has 1 heterocycles. The van der Waals surface area contributed by atoms with Gasteiger partial charge in [-0.05, 0) is 58.0 Å². The zero-order chi connectivity index (χ0) is 26.4. The second-order valence-electron chi connectivity index (χ2n) is 8.39. The van der Waals surface area contributed by atoms with Crippen molar-refractivity contribution in [3.63, 3.8) is 0 Å². The van der Waals surface area contributed by atoms with Crippen LogP contribution in [0.25, 0.3) is 0 Å². The minimum Gasteiger partial charge on any atom is -0.481 e. The second-order valence-corrected chi connectivity index (χ2v) is 8.39. The monoisotopic (exact) mass is 500 g/mol. The Morgan fingerprint density at radius 2 is 1.46 bits per heavy atom.